The fourth-order valence-corrected chi connectivity index (χ4v) is 4.00. The van der Waals surface area contributed by atoms with Crippen LogP contribution in [0.4, 0.5) is 17.6 Å². The van der Waals surface area contributed by atoms with Crippen LogP contribution in [0.2, 0.25) is 0 Å². The molecule has 0 radical (unpaired) electrons. The van der Waals surface area contributed by atoms with Crippen LogP contribution in [-0.4, -0.2) is 22.5 Å². The van der Waals surface area contributed by atoms with Gasteiger partial charge in [-0.1, -0.05) is 11.8 Å². The number of thioether (sulfide) groups is 1. The number of nitrogens with zero attached hydrogens (tertiary/aromatic N) is 1. The molecule has 3 rings (SSSR count). The van der Waals surface area contributed by atoms with E-state index in [4.69, 9.17) is 4.74 Å². The van der Waals surface area contributed by atoms with Crippen LogP contribution < -0.4 is 0 Å². The molecule has 30 heavy (non-hydrogen) atoms. The van der Waals surface area contributed by atoms with Gasteiger partial charge in [0.2, 0.25) is 0 Å². The monoisotopic (exact) mass is 438 g/mol. The van der Waals surface area contributed by atoms with Crippen LogP contribution in [0.1, 0.15) is 36.8 Å². The maximum Gasteiger partial charge on any atom is 0.357 e. The largest absolute Gasteiger partial charge is 0.461 e. The molecule has 0 atom stereocenters. The third-order valence-electron chi connectivity index (χ3n) is 4.28. The number of H-pyrrole nitrogens is 1. The van der Waals surface area contributed by atoms with Crippen LogP contribution in [0.25, 0.3) is 11.3 Å². The SMILES string of the molecule is CCOC(=O)c1[nH]c(SC(C)(C)c2c(F)ccc(F)c2F)nc1-c1ccc(F)cc1. The number of aromatic amines is 1. The van der Waals surface area contributed by atoms with Crippen LogP contribution in [-0.2, 0) is 9.48 Å². The number of carbonyl (C=O) groups excluding carboxylic acids is 1. The number of hydrogen-bond acceptors (Lipinski definition) is 4. The van der Waals surface area contributed by atoms with Crippen molar-refractivity contribution in [1.29, 1.82) is 0 Å². The average molecular weight is 438 g/mol. The Bertz CT molecular complexity index is 1080. The van der Waals surface area contributed by atoms with Crippen molar-refractivity contribution in [3.63, 3.8) is 0 Å². The van der Waals surface area contributed by atoms with Crippen LogP contribution in [0.5, 0.6) is 0 Å². The number of aromatic nitrogens is 2. The summed E-state index contributed by atoms with van der Waals surface area (Å²) in [5.41, 5.74) is 0.210. The summed E-state index contributed by atoms with van der Waals surface area (Å²) in [5, 5.41) is 0.158. The van der Waals surface area contributed by atoms with Gasteiger partial charge in [-0.3, -0.25) is 0 Å². The normalized spacial score (nSPS) is 11.6. The predicted octanol–water partition coefficient (Wildman–Crippen LogP) is 5.84. The lowest BCUT2D eigenvalue weighted by Crippen LogP contribution is -2.18. The molecule has 1 heterocycles. The number of rotatable bonds is 6. The lowest BCUT2D eigenvalue weighted by Gasteiger charge is -2.24. The third kappa shape index (κ3) is 4.35. The van der Waals surface area contributed by atoms with E-state index in [1.54, 1.807) is 6.92 Å². The molecule has 9 heteroatoms. The van der Waals surface area contributed by atoms with Gasteiger partial charge in [0.25, 0.3) is 0 Å². The first-order valence-electron chi connectivity index (χ1n) is 9.00. The first-order chi connectivity index (χ1) is 14.1. The zero-order valence-corrected chi connectivity index (χ0v) is 17.2. The smallest absolute Gasteiger partial charge is 0.357 e. The van der Waals surface area contributed by atoms with Gasteiger partial charge < -0.3 is 9.72 Å². The lowest BCUT2D eigenvalue weighted by molar-refractivity contribution is 0.0520. The standard InChI is InChI=1S/C21H18F4N2O2S/c1-4-29-19(28)18-17(11-5-7-12(22)8-6-11)26-20(27-18)30-21(2,3)15-13(23)9-10-14(24)16(15)25/h5-10H,4H2,1-3H3,(H,26,27). The number of imidazole rings is 1. The number of benzene rings is 2. The first kappa shape index (κ1) is 21.9. The lowest BCUT2D eigenvalue weighted by atomic mass is 10.0. The summed E-state index contributed by atoms with van der Waals surface area (Å²) in [6.45, 7) is 4.76. The molecule has 0 amide bonds. The summed E-state index contributed by atoms with van der Waals surface area (Å²) < 4.78 is 59.3. The molecule has 1 N–H and O–H groups in total. The highest BCUT2D eigenvalue weighted by Crippen LogP contribution is 2.43. The molecule has 2 aromatic carbocycles. The molecule has 0 saturated heterocycles. The van der Waals surface area contributed by atoms with E-state index < -0.39 is 39.5 Å². The predicted molar refractivity (Wildman–Crippen MR) is 105 cm³/mol. The van der Waals surface area contributed by atoms with Gasteiger partial charge in [0, 0.05) is 15.9 Å². The van der Waals surface area contributed by atoms with E-state index in [1.807, 2.05) is 0 Å². The van der Waals surface area contributed by atoms with Gasteiger partial charge in [-0.25, -0.2) is 27.3 Å². The molecule has 1 aromatic heterocycles. The summed E-state index contributed by atoms with van der Waals surface area (Å²) in [5.74, 6) is -4.50. The summed E-state index contributed by atoms with van der Waals surface area (Å²) in [4.78, 5) is 19.5. The highest BCUT2D eigenvalue weighted by Gasteiger charge is 2.33. The quantitative estimate of drug-likeness (QED) is 0.227. The molecule has 4 nitrogen and oxygen atoms in total. The van der Waals surface area contributed by atoms with E-state index in [9.17, 15) is 22.4 Å². The fourth-order valence-electron chi connectivity index (χ4n) is 2.94. The number of ether oxygens (including phenoxy) is 1. The average Bonchev–Trinajstić information content (AvgIpc) is 3.08. The zero-order chi connectivity index (χ0) is 22.1. The fraction of sp³-hybridized carbons (Fsp3) is 0.238. The molecule has 0 bridgehead atoms. The minimum Gasteiger partial charge on any atom is -0.461 e. The Morgan fingerprint density at radius 1 is 1.07 bits per heavy atom. The molecular formula is C21H18F4N2O2S. The molecule has 3 aromatic rings. The number of nitrogens with one attached hydrogen (secondary N) is 1. The van der Waals surface area contributed by atoms with Crippen LogP contribution >= 0.6 is 11.8 Å². The summed E-state index contributed by atoms with van der Waals surface area (Å²) in [6.07, 6.45) is 0. The van der Waals surface area contributed by atoms with Gasteiger partial charge in [0.1, 0.15) is 17.3 Å². The zero-order valence-electron chi connectivity index (χ0n) is 16.4. The molecule has 0 aliphatic carbocycles. The number of hydrogen-bond donors (Lipinski definition) is 1. The Hall–Kier alpha value is -2.81. The molecule has 0 saturated carbocycles. The second kappa shape index (κ2) is 8.51. The summed E-state index contributed by atoms with van der Waals surface area (Å²) in [7, 11) is 0. The summed E-state index contributed by atoms with van der Waals surface area (Å²) >= 11 is 0.909. The molecular weight excluding hydrogens is 420 g/mol. The van der Waals surface area contributed by atoms with Crippen molar-refractivity contribution in [3.05, 3.63) is 70.9 Å². The summed E-state index contributed by atoms with van der Waals surface area (Å²) in [6, 6.07) is 6.89. The number of carbonyl (C=O) groups is 1. The van der Waals surface area contributed by atoms with E-state index in [-0.39, 0.29) is 23.2 Å². The van der Waals surface area contributed by atoms with E-state index >= 15 is 0 Å². The highest BCUT2D eigenvalue weighted by atomic mass is 32.2. The van der Waals surface area contributed by atoms with Crippen LogP contribution in [0, 0.1) is 23.3 Å². The van der Waals surface area contributed by atoms with E-state index in [1.165, 1.54) is 38.1 Å². The van der Waals surface area contributed by atoms with E-state index in [0.29, 0.717) is 11.6 Å². The Morgan fingerprint density at radius 3 is 2.33 bits per heavy atom. The van der Waals surface area contributed by atoms with E-state index in [0.717, 1.165) is 17.8 Å². The van der Waals surface area contributed by atoms with Gasteiger partial charge >= 0.3 is 5.97 Å². The van der Waals surface area contributed by atoms with Gasteiger partial charge in [-0.15, -0.1) is 0 Å². The Balaban J connectivity index is 2.04. The van der Waals surface area contributed by atoms with Gasteiger partial charge in [0.15, 0.2) is 22.5 Å². The molecule has 0 aliphatic rings. The van der Waals surface area contributed by atoms with Gasteiger partial charge in [-0.05, 0) is 57.2 Å². The Kier molecular flexibility index (Phi) is 6.21. The van der Waals surface area contributed by atoms with E-state index in [2.05, 4.69) is 9.97 Å². The first-order valence-corrected chi connectivity index (χ1v) is 9.81. The van der Waals surface area contributed by atoms with Gasteiger partial charge in [-0.2, -0.15) is 0 Å². The maximum absolute atomic E-state index is 14.3. The van der Waals surface area contributed by atoms with Crippen molar-refractivity contribution in [2.24, 2.45) is 0 Å². The molecule has 0 unspecified atom stereocenters. The van der Waals surface area contributed by atoms with Crippen LogP contribution in [0.15, 0.2) is 41.6 Å². The van der Waals surface area contributed by atoms with Crippen molar-refractivity contribution in [1.82, 2.24) is 9.97 Å². The maximum atomic E-state index is 14.3. The van der Waals surface area contributed by atoms with Crippen molar-refractivity contribution >= 4 is 17.7 Å². The number of halogens is 4. The highest BCUT2D eigenvalue weighted by molar-refractivity contribution is 8.00. The van der Waals surface area contributed by atoms with Crippen molar-refractivity contribution < 1.29 is 27.1 Å². The Labute approximate surface area is 174 Å². The molecule has 0 fully saturated rings. The number of esters is 1. The Morgan fingerprint density at radius 2 is 1.70 bits per heavy atom. The topological polar surface area (TPSA) is 55.0 Å². The minimum atomic E-state index is -1.29. The molecule has 0 aliphatic heterocycles. The van der Waals surface area contributed by atoms with Crippen molar-refractivity contribution in [2.45, 2.75) is 30.7 Å². The second-order valence-electron chi connectivity index (χ2n) is 6.82. The minimum absolute atomic E-state index is 0.0157. The third-order valence-corrected chi connectivity index (χ3v) is 5.38. The van der Waals surface area contributed by atoms with Gasteiger partial charge in [0.05, 0.1) is 6.61 Å². The second-order valence-corrected chi connectivity index (χ2v) is 8.43. The van der Waals surface area contributed by atoms with Crippen LogP contribution in [0.3, 0.4) is 0 Å². The molecule has 0 spiro atoms. The van der Waals surface area contributed by atoms with Crippen molar-refractivity contribution in [3.8, 4) is 11.3 Å². The molecule has 158 valence electrons. The van der Waals surface area contributed by atoms with Crippen molar-refractivity contribution in [2.75, 3.05) is 6.61 Å².